The molecule has 0 radical (unpaired) electrons. The van der Waals surface area contributed by atoms with Gasteiger partial charge in [0.15, 0.2) is 0 Å². The number of hydrogen-bond acceptors (Lipinski definition) is 3. The average molecular weight is 358 g/mol. The van der Waals surface area contributed by atoms with Crippen molar-refractivity contribution < 1.29 is 14.3 Å². The van der Waals surface area contributed by atoms with Crippen LogP contribution in [-0.2, 0) is 6.54 Å². The van der Waals surface area contributed by atoms with Crippen molar-refractivity contribution in [3.63, 3.8) is 0 Å². The van der Waals surface area contributed by atoms with Gasteiger partial charge in [0.1, 0.15) is 11.5 Å². The molecule has 1 aromatic heterocycles. The molecule has 0 aliphatic carbocycles. The fourth-order valence-corrected chi connectivity index (χ4v) is 2.28. The number of benzene rings is 1. The maximum atomic E-state index is 11.0. The zero-order chi connectivity index (χ0) is 16.1. The molecule has 1 heterocycles. The highest BCUT2D eigenvalue weighted by Crippen LogP contribution is 2.30. The second-order valence-corrected chi connectivity index (χ2v) is 6.03. The highest BCUT2D eigenvalue weighted by atomic mass is 35.5. The molecule has 0 saturated carbocycles. The van der Waals surface area contributed by atoms with Crippen LogP contribution in [0.4, 0.5) is 0 Å². The van der Waals surface area contributed by atoms with Crippen LogP contribution in [0.15, 0.2) is 34.7 Å². The number of carboxylic acids is 1. The lowest BCUT2D eigenvalue weighted by Gasteiger charge is -2.05. The molecule has 23 heavy (non-hydrogen) atoms. The minimum absolute atomic E-state index is 0. The van der Waals surface area contributed by atoms with Crippen molar-refractivity contribution >= 4 is 30.0 Å². The van der Waals surface area contributed by atoms with Gasteiger partial charge in [-0.3, -0.25) is 0 Å². The molecule has 1 aromatic carbocycles. The molecule has 0 atom stereocenters. The molecule has 0 aliphatic heterocycles. The Hall–Kier alpha value is -1.49. The van der Waals surface area contributed by atoms with Crippen LogP contribution in [-0.4, -0.2) is 17.6 Å². The van der Waals surface area contributed by atoms with E-state index in [0.29, 0.717) is 28.8 Å². The first-order chi connectivity index (χ1) is 10.5. The lowest BCUT2D eigenvalue weighted by Crippen LogP contribution is -2.15. The molecule has 4 nitrogen and oxygen atoms in total. The molecule has 126 valence electrons. The molecule has 0 amide bonds. The second-order valence-electron chi connectivity index (χ2n) is 5.63. The van der Waals surface area contributed by atoms with E-state index in [2.05, 4.69) is 19.2 Å². The summed E-state index contributed by atoms with van der Waals surface area (Å²) in [6.45, 7) is 5.94. The van der Waals surface area contributed by atoms with Crippen molar-refractivity contribution in [1.82, 2.24) is 5.32 Å². The number of carboxylic acid groups (broad SMARTS) is 1. The van der Waals surface area contributed by atoms with Crippen LogP contribution in [0.3, 0.4) is 0 Å². The van der Waals surface area contributed by atoms with E-state index < -0.39 is 5.97 Å². The SMILES string of the molecule is CC(C)CCNCc1ccc(-c2cc(C(=O)O)ccc2Cl)o1.Cl. The summed E-state index contributed by atoms with van der Waals surface area (Å²) >= 11 is 6.14. The van der Waals surface area contributed by atoms with Crippen LogP contribution in [0, 0.1) is 5.92 Å². The highest BCUT2D eigenvalue weighted by Gasteiger charge is 2.12. The molecule has 0 fully saturated rings. The van der Waals surface area contributed by atoms with E-state index in [1.807, 2.05) is 12.1 Å². The van der Waals surface area contributed by atoms with Crippen LogP contribution in [0.2, 0.25) is 5.02 Å². The van der Waals surface area contributed by atoms with Crippen molar-refractivity contribution in [1.29, 1.82) is 0 Å². The van der Waals surface area contributed by atoms with Crippen molar-refractivity contribution in [2.24, 2.45) is 5.92 Å². The van der Waals surface area contributed by atoms with Gasteiger partial charge in [-0.25, -0.2) is 4.79 Å². The lowest BCUT2D eigenvalue weighted by molar-refractivity contribution is 0.0697. The van der Waals surface area contributed by atoms with Crippen LogP contribution in [0.5, 0.6) is 0 Å². The van der Waals surface area contributed by atoms with Gasteiger partial charge in [0, 0.05) is 5.56 Å². The summed E-state index contributed by atoms with van der Waals surface area (Å²) < 4.78 is 5.75. The molecule has 2 aromatic rings. The van der Waals surface area contributed by atoms with Crippen LogP contribution < -0.4 is 5.32 Å². The van der Waals surface area contributed by atoms with E-state index in [9.17, 15) is 4.79 Å². The predicted molar refractivity (Wildman–Crippen MR) is 94.5 cm³/mol. The molecule has 6 heteroatoms. The van der Waals surface area contributed by atoms with Crippen molar-refractivity contribution in [2.75, 3.05) is 6.54 Å². The zero-order valence-corrected chi connectivity index (χ0v) is 14.7. The smallest absolute Gasteiger partial charge is 0.335 e. The Balaban J connectivity index is 0.00000264. The Morgan fingerprint density at radius 2 is 2.04 bits per heavy atom. The first-order valence-electron chi connectivity index (χ1n) is 7.30. The Morgan fingerprint density at radius 3 is 2.70 bits per heavy atom. The van der Waals surface area contributed by atoms with E-state index in [1.165, 1.54) is 12.1 Å². The van der Waals surface area contributed by atoms with Gasteiger partial charge in [0.25, 0.3) is 0 Å². The summed E-state index contributed by atoms with van der Waals surface area (Å²) in [7, 11) is 0. The van der Waals surface area contributed by atoms with Gasteiger partial charge < -0.3 is 14.8 Å². The third kappa shape index (κ3) is 5.57. The van der Waals surface area contributed by atoms with E-state index in [-0.39, 0.29) is 18.0 Å². The third-order valence-corrected chi connectivity index (χ3v) is 3.67. The minimum Gasteiger partial charge on any atom is -0.478 e. The second kappa shape index (κ2) is 8.96. The number of furan rings is 1. The van der Waals surface area contributed by atoms with Crippen molar-refractivity contribution in [3.05, 3.63) is 46.7 Å². The van der Waals surface area contributed by atoms with E-state index in [1.54, 1.807) is 6.07 Å². The van der Waals surface area contributed by atoms with Crippen molar-refractivity contribution in [2.45, 2.75) is 26.8 Å². The summed E-state index contributed by atoms with van der Waals surface area (Å²) in [4.78, 5) is 11.0. The van der Waals surface area contributed by atoms with Gasteiger partial charge in [0.2, 0.25) is 0 Å². The third-order valence-electron chi connectivity index (χ3n) is 3.34. The van der Waals surface area contributed by atoms with E-state index in [4.69, 9.17) is 21.1 Å². The Kier molecular flexibility index (Phi) is 7.62. The van der Waals surface area contributed by atoms with Crippen LogP contribution in [0.1, 0.15) is 36.4 Å². The van der Waals surface area contributed by atoms with Gasteiger partial charge in [-0.2, -0.15) is 0 Å². The molecule has 0 unspecified atom stereocenters. The first kappa shape index (κ1) is 19.6. The van der Waals surface area contributed by atoms with E-state index in [0.717, 1.165) is 18.7 Å². The first-order valence-corrected chi connectivity index (χ1v) is 7.68. The van der Waals surface area contributed by atoms with Crippen LogP contribution in [0.25, 0.3) is 11.3 Å². The normalized spacial score (nSPS) is 10.6. The summed E-state index contributed by atoms with van der Waals surface area (Å²) in [5, 5.41) is 12.8. The Bertz CT molecular complexity index is 653. The van der Waals surface area contributed by atoms with Gasteiger partial charge in [-0.05, 0) is 49.2 Å². The molecule has 0 bridgehead atoms. The molecule has 0 spiro atoms. The Labute approximate surface area is 147 Å². The summed E-state index contributed by atoms with van der Waals surface area (Å²) in [6.07, 6.45) is 1.11. The van der Waals surface area contributed by atoms with Crippen molar-refractivity contribution in [3.8, 4) is 11.3 Å². The Morgan fingerprint density at radius 1 is 1.30 bits per heavy atom. The van der Waals surface area contributed by atoms with Gasteiger partial charge >= 0.3 is 5.97 Å². The molecule has 2 rings (SSSR count). The number of rotatable bonds is 7. The van der Waals surface area contributed by atoms with Gasteiger partial charge in [-0.1, -0.05) is 25.4 Å². The van der Waals surface area contributed by atoms with Gasteiger partial charge in [-0.15, -0.1) is 12.4 Å². The number of nitrogens with one attached hydrogen (secondary N) is 1. The fraction of sp³-hybridized carbons (Fsp3) is 0.353. The number of halogens is 2. The number of aromatic carboxylic acids is 1. The lowest BCUT2D eigenvalue weighted by atomic mass is 10.1. The average Bonchev–Trinajstić information content (AvgIpc) is 2.92. The molecule has 0 saturated heterocycles. The monoisotopic (exact) mass is 357 g/mol. The topological polar surface area (TPSA) is 62.5 Å². The molecular formula is C17H21Cl2NO3. The maximum absolute atomic E-state index is 11.0. The summed E-state index contributed by atoms with van der Waals surface area (Å²) in [6, 6.07) is 8.27. The minimum atomic E-state index is -0.986. The summed E-state index contributed by atoms with van der Waals surface area (Å²) in [5.74, 6) is 1.06. The molecular weight excluding hydrogens is 337 g/mol. The summed E-state index contributed by atoms with van der Waals surface area (Å²) in [5.41, 5.74) is 0.780. The maximum Gasteiger partial charge on any atom is 0.335 e. The molecule has 0 aliphatic rings. The highest BCUT2D eigenvalue weighted by molar-refractivity contribution is 6.33. The predicted octanol–water partition coefficient (Wildman–Crippen LogP) is 4.86. The largest absolute Gasteiger partial charge is 0.478 e. The number of carbonyl (C=O) groups is 1. The number of hydrogen-bond donors (Lipinski definition) is 2. The fourth-order valence-electron chi connectivity index (χ4n) is 2.07. The standard InChI is InChI=1S/C17H20ClNO3.ClH/c1-11(2)7-8-19-10-13-4-6-16(22-13)14-9-12(17(20)21)3-5-15(14)18;/h3-6,9,11,19H,7-8,10H2,1-2H3,(H,20,21);1H. The zero-order valence-electron chi connectivity index (χ0n) is 13.1. The van der Waals surface area contributed by atoms with Gasteiger partial charge in [0.05, 0.1) is 17.1 Å². The molecule has 2 N–H and O–H groups in total. The van der Waals surface area contributed by atoms with Crippen LogP contribution >= 0.6 is 24.0 Å². The van der Waals surface area contributed by atoms with E-state index >= 15 is 0 Å². The quantitative estimate of drug-likeness (QED) is 0.694.